The van der Waals surface area contributed by atoms with Gasteiger partial charge in [-0.3, -0.25) is 0 Å². The van der Waals surface area contributed by atoms with E-state index in [1.54, 1.807) is 0 Å². The Morgan fingerprint density at radius 1 is 1.46 bits per heavy atom. The molecule has 0 aliphatic heterocycles. The summed E-state index contributed by atoms with van der Waals surface area (Å²) in [6, 6.07) is 0.613. The molecule has 0 spiro atoms. The molecule has 2 saturated carbocycles. The molecule has 2 rings (SSSR count). The fourth-order valence-corrected chi connectivity index (χ4v) is 2.27. The van der Waals surface area contributed by atoms with Crippen LogP contribution < -0.4 is 11.1 Å². The summed E-state index contributed by atoms with van der Waals surface area (Å²) in [5.41, 5.74) is 5.76. The summed E-state index contributed by atoms with van der Waals surface area (Å²) in [5, 5.41) is 3.64. The Hall–Kier alpha value is -0.0800. The summed E-state index contributed by atoms with van der Waals surface area (Å²) >= 11 is 0. The second kappa shape index (κ2) is 3.97. The van der Waals surface area contributed by atoms with Crippen LogP contribution >= 0.6 is 0 Å². The lowest BCUT2D eigenvalue weighted by Gasteiger charge is -2.33. The smallest absolute Gasteiger partial charge is 0.0218 e. The van der Waals surface area contributed by atoms with E-state index in [2.05, 4.69) is 12.2 Å². The number of rotatable bonds is 5. The van der Waals surface area contributed by atoms with Crippen LogP contribution in [-0.2, 0) is 0 Å². The highest BCUT2D eigenvalue weighted by Gasteiger charge is 2.33. The summed E-state index contributed by atoms with van der Waals surface area (Å²) in [7, 11) is 0. The maximum atomic E-state index is 5.76. The molecule has 0 bridgehead atoms. The van der Waals surface area contributed by atoms with Crippen molar-refractivity contribution in [3.63, 3.8) is 0 Å². The van der Waals surface area contributed by atoms with E-state index >= 15 is 0 Å². The highest BCUT2D eigenvalue weighted by atomic mass is 15.0. The van der Waals surface area contributed by atoms with Crippen LogP contribution in [0.25, 0.3) is 0 Å². The van der Waals surface area contributed by atoms with E-state index < -0.39 is 0 Å². The molecule has 0 aromatic rings. The Morgan fingerprint density at radius 2 is 2.15 bits per heavy atom. The number of nitrogens with one attached hydrogen (secondary N) is 1. The zero-order valence-electron chi connectivity index (χ0n) is 8.63. The molecule has 0 amide bonds. The Bertz CT molecular complexity index is 165. The van der Waals surface area contributed by atoms with Crippen molar-refractivity contribution < 1.29 is 0 Å². The van der Waals surface area contributed by atoms with Crippen LogP contribution in [0.4, 0.5) is 0 Å². The van der Waals surface area contributed by atoms with Crippen LogP contribution in [-0.4, -0.2) is 19.1 Å². The Labute approximate surface area is 81.3 Å². The van der Waals surface area contributed by atoms with E-state index in [4.69, 9.17) is 5.73 Å². The molecule has 0 aromatic carbocycles. The van der Waals surface area contributed by atoms with Gasteiger partial charge in [-0.2, -0.15) is 0 Å². The SMILES string of the molecule is CC1CC1CNC(CN)C1CCC1. The lowest BCUT2D eigenvalue weighted by Crippen LogP contribution is -2.45. The van der Waals surface area contributed by atoms with E-state index in [0.29, 0.717) is 6.04 Å². The normalized spacial score (nSPS) is 35.5. The third-order valence-corrected chi connectivity index (χ3v) is 3.89. The van der Waals surface area contributed by atoms with Gasteiger partial charge in [0.05, 0.1) is 0 Å². The largest absolute Gasteiger partial charge is 0.329 e. The van der Waals surface area contributed by atoms with Crippen molar-refractivity contribution in [1.29, 1.82) is 0 Å². The molecule has 2 heteroatoms. The fourth-order valence-electron chi connectivity index (χ4n) is 2.27. The zero-order valence-corrected chi connectivity index (χ0v) is 8.63. The van der Waals surface area contributed by atoms with Crippen molar-refractivity contribution in [2.24, 2.45) is 23.5 Å². The van der Waals surface area contributed by atoms with Crippen LogP contribution in [0.5, 0.6) is 0 Å². The molecule has 0 heterocycles. The van der Waals surface area contributed by atoms with Crippen molar-refractivity contribution in [3.8, 4) is 0 Å². The van der Waals surface area contributed by atoms with Crippen LogP contribution in [0.1, 0.15) is 32.6 Å². The van der Waals surface area contributed by atoms with Crippen molar-refractivity contribution >= 4 is 0 Å². The average molecular weight is 182 g/mol. The third kappa shape index (κ3) is 2.23. The summed E-state index contributed by atoms with van der Waals surface area (Å²) in [6.45, 7) is 4.37. The monoisotopic (exact) mass is 182 g/mol. The Balaban J connectivity index is 1.65. The molecule has 0 saturated heterocycles. The summed E-state index contributed by atoms with van der Waals surface area (Å²) in [6.07, 6.45) is 5.64. The molecule has 76 valence electrons. The van der Waals surface area contributed by atoms with Gasteiger partial charge in [-0.15, -0.1) is 0 Å². The van der Waals surface area contributed by atoms with Gasteiger partial charge in [-0.1, -0.05) is 13.3 Å². The molecule has 0 radical (unpaired) electrons. The molecule has 3 N–H and O–H groups in total. The minimum absolute atomic E-state index is 0.613. The predicted molar refractivity (Wildman–Crippen MR) is 55.5 cm³/mol. The molecule has 3 atom stereocenters. The van der Waals surface area contributed by atoms with E-state index in [1.165, 1.54) is 32.2 Å². The Kier molecular flexibility index (Phi) is 2.89. The molecule has 13 heavy (non-hydrogen) atoms. The van der Waals surface area contributed by atoms with E-state index in [1.807, 2.05) is 0 Å². The maximum Gasteiger partial charge on any atom is 0.0218 e. The Morgan fingerprint density at radius 3 is 2.54 bits per heavy atom. The second-order valence-corrected chi connectivity index (χ2v) is 4.91. The quantitative estimate of drug-likeness (QED) is 0.674. The summed E-state index contributed by atoms with van der Waals surface area (Å²) in [5.74, 6) is 2.81. The van der Waals surface area contributed by atoms with E-state index in [0.717, 1.165) is 24.3 Å². The van der Waals surface area contributed by atoms with Crippen LogP contribution in [0, 0.1) is 17.8 Å². The molecule has 2 aliphatic carbocycles. The lowest BCUT2D eigenvalue weighted by atomic mass is 9.79. The van der Waals surface area contributed by atoms with Crippen LogP contribution in [0.15, 0.2) is 0 Å². The van der Waals surface area contributed by atoms with Crippen molar-refractivity contribution in [2.45, 2.75) is 38.6 Å². The van der Waals surface area contributed by atoms with Gasteiger partial charge in [-0.25, -0.2) is 0 Å². The molecule has 3 unspecified atom stereocenters. The van der Waals surface area contributed by atoms with Crippen LogP contribution in [0.2, 0.25) is 0 Å². The van der Waals surface area contributed by atoms with Gasteiger partial charge in [0, 0.05) is 12.6 Å². The third-order valence-electron chi connectivity index (χ3n) is 3.89. The minimum atomic E-state index is 0.613. The fraction of sp³-hybridized carbons (Fsp3) is 1.00. The molecular weight excluding hydrogens is 160 g/mol. The minimum Gasteiger partial charge on any atom is -0.329 e. The highest BCUT2D eigenvalue weighted by Crippen LogP contribution is 2.37. The first-order valence-corrected chi connectivity index (χ1v) is 5.74. The first-order chi connectivity index (χ1) is 6.31. The molecule has 0 aromatic heterocycles. The van der Waals surface area contributed by atoms with Gasteiger partial charge in [0.15, 0.2) is 0 Å². The maximum absolute atomic E-state index is 5.76. The molecular formula is C11H22N2. The van der Waals surface area contributed by atoms with Gasteiger partial charge in [0.2, 0.25) is 0 Å². The van der Waals surface area contributed by atoms with Crippen LogP contribution in [0.3, 0.4) is 0 Å². The topological polar surface area (TPSA) is 38.0 Å². The lowest BCUT2D eigenvalue weighted by molar-refractivity contribution is 0.230. The molecule has 2 fully saturated rings. The van der Waals surface area contributed by atoms with Gasteiger partial charge < -0.3 is 11.1 Å². The molecule has 2 nitrogen and oxygen atoms in total. The summed E-state index contributed by atoms with van der Waals surface area (Å²) in [4.78, 5) is 0. The second-order valence-electron chi connectivity index (χ2n) is 4.91. The van der Waals surface area contributed by atoms with E-state index in [-0.39, 0.29) is 0 Å². The van der Waals surface area contributed by atoms with Gasteiger partial charge in [0.1, 0.15) is 0 Å². The van der Waals surface area contributed by atoms with E-state index in [9.17, 15) is 0 Å². The zero-order chi connectivity index (χ0) is 9.26. The number of hydrogen-bond donors (Lipinski definition) is 2. The standard InChI is InChI=1S/C11H22N2/c1-8-5-10(8)7-13-11(6-12)9-3-2-4-9/h8-11,13H,2-7,12H2,1H3. The van der Waals surface area contributed by atoms with Crippen molar-refractivity contribution in [1.82, 2.24) is 5.32 Å². The van der Waals surface area contributed by atoms with Gasteiger partial charge in [0.25, 0.3) is 0 Å². The van der Waals surface area contributed by atoms with Gasteiger partial charge >= 0.3 is 0 Å². The highest BCUT2D eigenvalue weighted by molar-refractivity contribution is 4.88. The first-order valence-electron chi connectivity index (χ1n) is 5.74. The summed E-state index contributed by atoms with van der Waals surface area (Å²) < 4.78 is 0. The predicted octanol–water partition coefficient (Wildman–Crippen LogP) is 1.36. The van der Waals surface area contributed by atoms with Crippen molar-refractivity contribution in [3.05, 3.63) is 0 Å². The van der Waals surface area contributed by atoms with Crippen molar-refractivity contribution in [2.75, 3.05) is 13.1 Å². The number of nitrogens with two attached hydrogens (primary N) is 1. The first kappa shape index (κ1) is 9.47. The van der Waals surface area contributed by atoms with Gasteiger partial charge in [-0.05, 0) is 43.6 Å². The number of hydrogen-bond acceptors (Lipinski definition) is 2. The molecule has 2 aliphatic rings. The average Bonchev–Trinajstić information content (AvgIpc) is 2.71.